The molecule has 19 heavy (non-hydrogen) atoms. The van der Waals surface area contributed by atoms with Gasteiger partial charge in [0.15, 0.2) is 5.17 Å². The first-order chi connectivity index (χ1) is 9.29. The molecule has 0 spiro atoms. The van der Waals surface area contributed by atoms with E-state index in [0.29, 0.717) is 12.1 Å². The first kappa shape index (κ1) is 13.0. The number of hydrogen-bond donors (Lipinski definition) is 1. The maximum Gasteiger partial charge on any atom is 0.157 e. The average molecular weight is 274 g/mol. The van der Waals surface area contributed by atoms with Crippen LogP contribution in [-0.2, 0) is 6.42 Å². The maximum absolute atomic E-state index is 4.82. The summed E-state index contributed by atoms with van der Waals surface area (Å²) in [7, 11) is 0. The number of benzene rings is 1. The number of amidine groups is 1. The van der Waals surface area contributed by atoms with E-state index < -0.39 is 0 Å². The SMILES string of the molecule is CC(CC1CC1)NC1=NC(Cc2ccccc2)CS1. The molecule has 1 N–H and O–H groups in total. The monoisotopic (exact) mass is 274 g/mol. The van der Waals surface area contributed by atoms with Crippen LogP contribution in [0.1, 0.15) is 31.7 Å². The minimum atomic E-state index is 0.447. The fraction of sp³-hybridized carbons (Fsp3) is 0.562. The van der Waals surface area contributed by atoms with E-state index in [4.69, 9.17) is 4.99 Å². The van der Waals surface area contributed by atoms with Crippen LogP contribution < -0.4 is 5.32 Å². The Kier molecular flexibility index (Phi) is 4.12. The fourth-order valence-electron chi connectivity index (χ4n) is 2.61. The lowest BCUT2D eigenvalue weighted by molar-refractivity contribution is 0.565. The number of nitrogens with one attached hydrogen (secondary N) is 1. The Balaban J connectivity index is 1.49. The third kappa shape index (κ3) is 4.00. The summed E-state index contributed by atoms with van der Waals surface area (Å²) in [6.45, 7) is 2.28. The van der Waals surface area contributed by atoms with Gasteiger partial charge in [0, 0.05) is 11.8 Å². The second-order valence-corrected chi connectivity index (χ2v) is 6.82. The highest BCUT2D eigenvalue weighted by Gasteiger charge is 2.25. The Labute approximate surface area is 120 Å². The van der Waals surface area contributed by atoms with Crippen molar-refractivity contribution in [3.63, 3.8) is 0 Å². The Bertz CT molecular complexity index is 439. The van der Waals surface area contributed by atoms with E-state index in [9.17, 15) is 0 Å². The van der Waals surface area contributed by atoms with E-state index >= 15 is 0 Å². The Hall–Kier alpha value is -0.960. The normalized spacial score (nSPS) is 24.1. The molecule has 0 radical (unpaired) electrons. The molecule has 1 saturated carbocycles. The number of rotatable bonds is 5. The van der Waals surface area contributed by atoms with Gasteiger partial charge in [-0.05, 0) is 31.2 Å². The van der Waals surface area contributed by atoms with Gasteiger partial charge < -0.3 is 5.32 Å². The van der Waals surface area contributed by atoms with Gasteiger partial charge in [-0.15, -0.1) is 0 Å². The molecule has 3 rings (SSSR count). The van der Waals surface area contributed by atoms with Crippen LogP contribution in [0.3, 0.4) is 0 Å². The minimum Gasteiger partial charge on any atom is -0.362 e. The summed E-state index contributed by atoms with van der Waals surface area (Å²) < 4.78 is 0. The molecular formula is C16H22N2S. The second kappa shape index (κ2) is 6.00. The molecule has 1 aromatic carbocycles. The summed E-state index contributed by atoms with van der Waals surface area (Å²) in [4.78, 5) is 4.82. The van der Waals surface area contributed by atoms with E-state index in [0.717, 1.165) is 23.3 Å². The molecule has 0 saturated heterocycles. The van der Waals surface area contributed by atoms with Crippen molar-refractivity contribution in [2.24, 2.45) is 10.9 Å². The molecule has 102 valence electrons. The third-order valence-corrected chi connectivity index (χ3v) is 4.83. The van der Waals surface area contributed by atoms with Crippen molar-refractivity contribution in [2.45, 2.75) is 44.7 Å². The van der Waals surface area contributed by atoms with Gasteiger partial charge >= 0.3 is 0 Å². The van der Waals surface area contributed by atoms with Crippen molar-refractivity contribution in [3.8, 4) is 0 Å². The van der Waals surface area contributed by atoms with Crippen LogP contribution in [0.2, 0.25) is 0 Å². The van der Waals surface area contributed by atoms with Crippen LogP contribution in [0.25, 0.3) is 0 Å². The maximum atomic E-state index is 4.82. The van der Waals surface area contributed by atoms with Crippen molar-refractivity contribution in [2.75, 3.05) is 5.75 Å². The highest BCUT2D eigenvalue weighted by Crippen LogP contribution is 2.33. The molecule has 2 atom stereocenters. The van der Waals surface area contributed by atoms with Crippen molar-refractivity contribution in [1.29, 1.82) is 0 Å². The van der Waals surface area contributed by atoms with Gasteiger partial charge in [-0.2, -0.15) is 0 Å². The van der Waals surface area contributed by atoms with Crippen LogP contribution in [-0.4, -0.2) is 23.0 Å². The summed E-state index contributed by atoms with van der Waals surface area (Å²) >= 11 is 1.88. The molecule has 2 unspecified atom stereocenters. The Morgan fingerprint density at radius 1 is 1.32 bits per heavy atom. The Morgan fingerprint density at radius 3 is 2.84 bits per heavy atom. The van der Waals surface area contributed by atoms with E-state index in [1.165, 1.54) is 24.8 Å². The van der Waals surface area contributed by atoms with E-state index in [-0.39, 0.29) is 0 Å². The summed E-state index contributed by atoms with van der Waals surface area (Å²) in [5, 5.41) is 4.74. The molecule has 1 heterocycles. The summed E-state index contributed by atoms with van der Waals surface area (Å²) in [6.07, 6.45) is 5.24. The number of aliphatic imine (C=N–C) groups is 1. The molecular weight excluding hydrogens is 252 g/mol. The van der Waals surface area contributed by atoms with E-state index in [1.54, 1.807) is 0 Å². The summed E-state index contributed by atoms with van der Waals surface area (Å²) in [5.74, 6) is 2.10. The van der Waals surface area contributed by atoms with Crippen molar-refractivity contribution >= 4 is 16.9 Å². The number of thioether (sulfide) groups is 1. The average Bonchev–Trinajstić information content (AvgIpc) is 3.11. The topological polar surface area (TPSA) is 24.4 Å². The van der Waals surface area contributed by atoms with E-state index in [1.807, 2.05) is 11.8 Å². The van der Waals surface area contributed by atoms with Crippen LogP contribution in [0.15, 0.2) is 35.3 Å². The first-order valence-electron chi connectivity index (χ1n) is 7.30. The zero-order valence-corrected chi connectivity index (χ0v) is 12.3. The van der Waals surface area contributed by atoms with E-state index in [2.05, 4.69) is 42.6 Å². The van der Waals surface area contributed by atoms with Gasteiger partial charge in [0.2, 0.25) is 0 Å². The highest BCUT2D eigenvalue weighted by atomic mass is 32.2. The van der Waals surface area contributed by atoms with Gasteiger partial charge in [-0.1, -0.05) is 54.9 Å². The van der Waals surface area contributed by atoms with Crippen LogP contribution in [0, 0.1) is 5.92 Å². The molecule has 3 heteroatoms. The molecule has 0 aromatic heterocycles. The summed E-state index contributed by atoms with van der Waals surface area (Å²) in [6, 6.07) is 11.7. The first-order valence-corrected chi connectivity index (χ1v) is 8.29. The molecule has 2 nitrogen and oxygen atoms in total. The van der Waals surface area contributed by atoms with Crippen LogP contribution >= 0.6 is 11.8 Å². The standard InChI is InChI=1S/C16H22N2S/c1-12(9-14-7-8-14)17-16-18-15(11-19-16)10-13-5-3-2-4-6-13/h2-6,12,14-15H,7-11H2,1H3,(H,17,18). The van der Waals surface area contributed by atoms with Gasteiger partial charge in [0.25, 0.3) is 0 Å². The smallest absolute Gasteiger partial charge is 0.157 e. The lowest BCUT2D eigenvalue weighted by Crippen LogP contribution is -2.30. The van der Waals surface area contributed by atoms with Gasteiger partial charge in [0.1, 0.15) is 0 Å². The highest BCUT2D eigenvalue weighted by molar-refractivity contribution is 8.14. The minimum absolute atomic E-state index is 0.447. The Morgan fingerprint density at radius 2 is 2.11 bits per heavy atom. The number of hydrogen-bond acceptors (Lipinski definition) is 3. The molecule has 1 aliphatic heterocycles. The zero-order valence-electron chi connectivity index (χ0n) is 11.5. The second-order valence-electron chi connectivity index (χ2n) is 5.81. The molecule has 1 aromatic rings. The van der Waals surface area contributed by atoms with Crippen molar-refractivity contribution in [1.82, 2.24) is 5.32 Å². The third-order valence-electron chi connectivity index (χ3n) is 3.78. The van der Waals surface area contributed by atoms with Crippen LogP contribution in [0.5, 0.6) is 0 Å². The lowest BCUT2D eigenvalue weighted by atomic mass is 10.1. The van der Waals surface area contributed by atoms with Crippen molar-refractivity contribution < 1.29 is 0 Å². The predicted molar refractivity (Wildman–Crippen MR) is 83.8 cm³/mol. The van der Waals surface area contributed by atoms with Crippen LogP contribution in [0.4, 0.5) is 0 Å². The lowest BCUT2D eigenvalue weighted by Gasteiger charge is -2.13. The summed E-state index contributed by atoms with van der Waals surface area (Å²) in [5.41, 5.74) is 1.39. The molecule has 0 amide bonds. The largest absolute Gasteiger partial charge is 0.362 e. The molecule has 1 aliphatic carbocycles. The van der Waals surface area contributed by atoms with Gasteiger partial charge in [0.05, 0.1) is 6.04 Å². The zero-order chi connectivity index (χ0) is 13.1. The van der Waals surface area contributed by atoms with Gasteiger partial charge in [-0.25, -0.2) is 0 Å². The molecule has 1 fully saturated rings. The predicted octanol–water partition coefficient (Wildman–Crippen LogP) is 3.48. The molecule has 2 aliphatic rings. The quantitative estimate of drug-likeness (QED) is 0.889. The van der Waals surface area contributed by atoms with Gasteiger partial charge in [-0.3, -0.25) is 4.99 Å². The number of nitrogens with zero attached hydrogens (tertiary/aromatic N) is 1. The molecule has 0 bridgehead atoms. The van der Waals surface area contributed by atoms with Crippen molar-refractivity contribution in [3.05, 3.63) is 35.9 Å². The fourth-order valence-corrected chi connectivity index (χ4v) is 3.66.